The van der Waals surface area contributed by atoms with Crippen LogP contribution in [0.5, 0.6) is 5.75 Å². The van der Waals surface area contributed by atoms with Gasteiger partial charge in [0, 0.05) is 22.1 Å². The SMILES string of the molecule is Cc1cc(C)nc(Nc2ccc(OC(=O)c3cccc(Cl)c3)cc2)n1. The standard InChI is InChI=1S/C19H16ClN3O2/c1-12-10-13(2)22-19(21-12)23-16-6-8-17(9-7-16)25-18(24)14-4-3-5-15(20)11-14/h3-11H,1-2H3,(H,21,22,23). The first-order chi connectivity index (χ1) is 12.0. The molecule has 1 heterocycles. The molecular weight excluding hydrogens is 338 g/mol. The second-order valence-electron chi connectivity index (χ2n) is 5.52. The molecule has 0 amide bonds. The number of carbonyl (C=O) groups excluding carboxylic acids is 1. The molecule has 0 radical (unpaired) electrons. The van der Waals surface area contributed by atoms with Crippen molar-refractivity contribution in [1.82, 2.24) is 9.97 Å². The maximum atomic E-state index is 12.1. The second kappa shape index (κ2) is 7.32. The minimum absolute atomic E-state index is 0.401. The number of hydrogen-bond acceptors (Lipinski definition) is 5. The van der Waals surface area contributed by atoms with Crippen molar-refractivity contribution in [2.75, 3.05) is 5.32 Å². The maximum Gasteiger partial charge on any atom is 0.343 e. The Morgan fingerprint density at radius 2 is 1.68 bits per heavy atom. The highest BCUT2D eigenvalue weighted by Crippen LogP contribution is 2.20. The van der Waals surface area contributed by atoms with Crippen molar-refractivity contribution in [2.24, 2.45) is 0 Å². The molecule has 3 rings (SSSR count). The number of nitrogens with zero attached hydrogens (tertiary/aromatic N) is 2. The number of hydrogen-bond donors (Lipinski definition) is 1. The molecular formula is C19H16ClN3O2. The molecule has 0 spiro atoms. The molecule has 1 aromatic heterocycles. The summed E-state index contributed by atoms with van der Waals surface area (Å²) in [4.78, 5) is 20.8. The Morgan fingerprint density at radius 3 is 2.32 bits per heavy atom. The van der Waals surface area contributed by atoms with Gasteiger partial charge in [0.25, 0.3) is 0 Å². The number of aryl methyl sites for hydroxylation is 2. The molecule has 6 heteroatoms. The number of nitrogens with one attached hydrogen (secondary N) is 1. The largest absolute Gasteiger partial charge is 0.423 e. The summed E-state index contributed by atoms with van der Waals surface area (Å²) in [5.74, 6) is 0.513. The van der Waals surface area contributed by atoms with E-state index in [9.17, 15) is 4.79 Å². The van der Waals surface area contributed by atoms with Gasteiger partial charge in [-0.25, -0.2) is 14.8 Å². The molecule has 0 aliphatic carbocycles. The lowest BCUT2D eigenvalue weighted by atomic mass is 10.2. The van der Waals surface area contributed by atoms with Gasteiger partial charge in [0.1, 0.15) is 5.75 Å². The Labute approximate surface area is 150 Å². The second-order valence-corrected chi connectivity index (χ2v) is 5.96. The molecule has 0 atom stereocenters. The molecule has 3 aromatic rings. The van der Waals surface area contributed by atoms with E-state index in [1.54, 1.807) is 48.5 Å². The molecule has 5 nitrogen and oxygen atoms in total. The summed E-state index contributed by atoms with van der Waals surface area (Å²) in [6.45, 7) is 3.83. The van der Waals surface area contributed by atoms with E-state index in [-0.39, 0.29) is 0 Å². The van der Waals surface area contributed by atoms with Crippen LogP contribution in [0.25, 0.3) is 0 Å². The summed E-state index contributed by atoms with van der Waals surface area (Å²) in [5.41, 5.74) is 2.98. The quantitative estimate of drug-likeness (QED) is 0.543. The van der Waals surface area contributed by atoms with Gasteiger partial charge >= 0.3 is 5.97 Å². The predicted octanol–water partition coefficient (Wildman–Crippen LogP) is 4.71. The number of ether oxygens (including phenoxy) is 1. The van der Waals surface area contributed by atoms with E-state index in [1.165, 1.54) is 0 Å². The Hall–Kier alpha value is -2.92. The third kappa shape index (κ3) is 4.55. The zero-order valence-electron chi connectivity index (χ0n) is 13.8. The summed E-state index contributed by atoms with van der Waals surface area (Å²) in [5, 5.41) is 3.61. The summed E-state index contributed by atoms with van der Waals surface area (Å²) in [6.07, 6.45) is 0. The van der Waals surface area contributed by atoms with Crippen molar-refractivity contribution in [3.63, 3.8) is 0 Å². The molecule has 0 fully saturated rings. The molecule has 0 aliphatic rings. The lowest BCUT2D eigenvalue weighted by Crippen LogP contribution is -2.08. The van der Waals surface area contributed by atoms with E-state index < -0.39 is 5.97 Å². The van der Waals surface area contributed by atoms with Crippen molar-refractivity contribution in [2.45, 2.75) is 13.8 Å². The van der Waals surface area contributed by atoms with Crippen LogP contribution in [-0.4, -0.2) is 15.9 Å². The lowest BCUT2D eigenvalue weighted by molar-refractivity contribution is 0.0735. The van der Waals surface area contributed by atoms with Crippen LogP contribution in [0.4, 0.5) is 11.6 Å². The molecule has 0 saturated heterocycles. The van der Waals surface area contributed by atoms with E-state index in [1.807, 2.05) is 19.9 Å². The Bertz CT molecular complexity index is 891. The molecule has 0 saturated carbocycles. The monoisotopic (exact) mass is 353 g/mol. The van der Waals surface area contributed by atoms with Gasteiger partial charge in [-0.1, -0.05) is 17.7 Å². The van der Waals surface area contributed by atoms with E-state index >= 15 is 0 Å². The number of halogens is 1. The van der Waals surface area contributed by atoms with Crippen LogP contribution >= 0.6 is 11.6 Å². The van der Waals surface area contributed by atoms with Gasteiger partial charge < -0.3 is 10.1 Å². The number of carbonyl (C=O) groups is 1. The third-order valence-corrected chi connectivity index (χ3v) is 3.60. The van der Waals surface area contributed by atoms with E-state index in [0.29, 0.717) is 22.3 Å². The molecule has 0 unspecified atom stereocenters. The summed E-state index contributed by atoms with van der Waals surface area (Å²) in [7, 11) is 0. The first-order valence-corrected chi connectivity index (χ1v) is 8.04. The number of aromatic nitrogens is 2. The van der Waals surface area contributed by atoms with E-state index in [4.69, 9.17) is 16.3 Å². The zero-order valence-corrected chi connectivity index (χ0v) is 14.5. The van der Waals surface area contributed by atoms with E-state index in [2.05, 4.69) is 15.3 Å². The third-order valence-electron chi connectivity index (χ3n) is 3.36. The van der Waals surface area contributed by atoms with Crippen LogP contribution in [0.3, 0.4) is 0 Å². The van der Waals surface area contributed by atoms with Gasteiger partial charge in [-0.15, -0.1) is 0 Å². The Balaban J connectivity index is 1.68. The number of esters is 1. The van der Waals surface area contributed by atoms with Gasteiger partial charge in [-0.3, -0.25) is 0 Å². The first kappa shape index (κ1) is 16.9. The van der Waals surface area contributed by atoms with Crippen LogP contribution in [-0.2, 0) is 0 Å². The first-order valence-electron chi connectivity index (χ1n) is 7.67. The van der Waals surface area contributed by atoms with Crippen LogP contribution < -0.4 is 10.1 Å². The van der Waals surface area contributed by atoms with Gasteiger partial charge in [0.15, 0.2) is 0 Å². The molecule has 2 aromatic carbocycles. The highest BCUT2D eigenvalue weighted by Gasteiger charge is 2.09. The van der Waals surface area contributed by atoms with Gasteiger partial charge in [-0.2, -0.15) is 0 Å². The van der Waals surface area contributed by atoms with Crippen molar-refractivity contribution in [3.8, 4) is 5.75 Å². The molecule has 0 bridgehead atoms. The number of benzene rings is 2. The predicted molar refractivity (Wildman–Crippen MR) is 97.6 cm³/mol. The minimum atomic E-state index is -0.458. The summed E-state index contributed by atoms with van der Waals surface area (Å²) >= 11 is 5.88. The Morgan fingerprint density at radius 1 is 1.00 bits per heavy atom. The fraction of sp³-hybridized carbons (Fsp3) is 0.105. The van der Waals surface area contributed by atoms with Crippen molar-refractivity contribution < 1.29 is 9.53 Å². The smallest absolute Gasteiger partial charge is 0.343 e. The van der Waals surface area contributed by atoms with Gasteiger partial charge in [0.2, 0.25) is 5.95 Å². The minimum Gasteiger partial charge on any atom is -0.423 e. The van der Waals surface area contributed by atoms with E-state index in [0.717, 1.165) is 17.1 Å². The maximum absolute atomic E-state index is 12.1. The highest BCUT2D eigenvalue weighted by molar-refractivity contribution is 6.30. The van der Waals surface area contributed by atoms with Crippen molar-refractivity contribution in [3.05, 3.63) is 76.6 Å². The van der Waals surface area contributed by atoms with Crippen LogP contribution in [0, 0.1) is 13.8 Å². The van der Waals surface area contributed by atoms with Crippen molar-refractivity contribution >= 4 is 29.2 Å². The normalized spacial score (nSPS) is 10.4. The molecule has 0 aliphatic heterocycles. The number of anilines is 2. The molecule has 126 valence electrons. The highest BCUT2D eigenvalue weighted by atomic mass is 35.5. The fourth-order valence-corrected chi connectivity index (χ4v) is 2.49. The summed E-state index contributed by atoms with van der Waals surface area (Å²) < 4.78 is 5.34. The zero-order chi connectivity index (χ0) is 17.8. The lowest BCUT2D eigenvalue weighted by Gasteiger charge is -2.08. The van der Waals surface area contributed by atoms with Gasteiger partial charge in [0.05, 0.1) is 5.56 Å². The van der Waals surface area contributed by atoms with Crippen LogP contribution in [0.2, 0.25) is 5.02 Å². The fourth-order valence-electron chi connectivity index (χ4n) is 2.30. The number of rotatable bonds is 4. The average molecular weight is 354 g/mol. The summed E-state index contributed by atoms with van der Waals surface area (Å²) in [6, 6.07) is 15.5. The van der Waals surface area contributed by atoms with Crippen LogP contribution in [0.1, 0.15) is 21.7 Å². The average Bonchev–Trinajstić information content (AvgIpc) is 2.56. The Kier molecular flexibility index (Phi) is 4.95. The van der Waals surface area contributed by atoms with Crippen molar-refractivity contribution in [1.29, 1.82) is 0 Å². The van der Waals surface area contributed by atoms with Crippen LogP contribution in [0.15, 0.2) is 54.6 Å². The topological polar surface area (TPSA) is 64.1 Å². The molecule has 25 heavy (non-hydrogen) atoms. The molecule has 1 N–H and O–H groups in total. The van der Waals surface area contributed by atoms with Gasteiger partial charge in [-0.05, 0) is 62.4 Å².